The van der Waals surface area contributed by atoms with E-state index >= 15 is 0 Å². The van der Waals surface area contributed by atoms with E-state index in [-0.39, 0.29) is 5.56 Å². The Hall–Kier alpha value is -2.34. The van der Waals surface area contributed by atoms with Crippen LogP contribution in [0.1, 0.15) is 54.2 Å². The lowest BCUT2D eigenvalue weighted by molar-refractivity contribution is -0.137. The SMILES string of the molecule is CC1CCC(C)([C@H](NC(=O)c2ccccc2C(F)(F)F)c2ccccc2)N(C)C1. The highest BCUT2D eigenvalue weighted by Gasteiger charge is 2.43. The van der Waals surface area contributed by atoms with Crippen LogP contribution in [0.3, 0.4) is 0 Å². The highest BCUT2D eigenvalue weighted by molar-refractivity contribution is 5.96. The first kappa shape index (κ1) is 21.4. The van der Waals surface area contributed by atoms with Gasteiger partial charge in [0.05, 0.1) is 17.2 Å². The van der Waals surface area contributed by atoms with E-state index in [1.54, 1.807) is 0 Å². The van der Waals surface area contributed by atoms with E-state index in [2.05, 4.69) is 24.1 Å². The van der Waals surface area contributed by atoms with Gasteiger partial charge in [0.2, 0.25) is 0 Å². The molecule has 0 radical (unpaired) electrons. The molecule has 1 aliphatic rings. The second-order valence-electron chi connectivity index (χ2n) is 8.24. The van der Waals surface area contributed by atoms with Crippen molar-refractivity contribution < 1.29 is 18.0 Å². The van der Waals surface area contributed by atoms with Crippen LogP contribution in [0.15, 0.2) is 54.6 Å². The molecule has 1 aliphatic heterocycles. The van der Waals surface area contributed by atoms with Crippen LogP contribution in [0.25, 0.3) is 0 Å². The van der Waals surface area contributed by atoms with E-state index in [0.29, 0.717) is 5.92 Å². The Balaban J connectivity index is 1.98. The molecule has 0 saturated carbocycles. The molecule has 6 heteroatoms. The first-order valence-corrected chi connectivity index (χ1v) is 9.86. The molecule has 2 unspecified atom stereocenters. The number of nitrogens with zero attached hydrogens (tertiary/aromatic N) is 1. The fourth-order valence-electron chi connectivity index (χ4n) is 4.24. The van der Waals surface area contributed by atoms with E-state index in [1.165, 1.54) is 18.2 Å². The molecule has 1 heterocycles. The lowest BCUT2D eigenvalue weighted by Crippen LogP contribution is -2.57. The van der Waals surface area contributed by atoms with E-state index in [9.17, 15) is 18.0 Å². The first-order valence-electron chi connectivity index (χ1n) is 9.86. The van der Waals surface area contributed by atoms with Crippen LogP contribution in [0.5, 0.6) is 0 Å². The van der Waals surface area contributed by atoms with Gasteiger partial charge in [0, 0.05) is 12.1 Å². The van der Waals surface area contributed by atoms with Crippen molar-refractivity contribution in [2.45, 2.75) is 44.4 Å². The number of rotatable bonds is 4. The Bertz CT molecular complexity index is 853. The van der Waals surface area contributed by atoms with Crippen LogP contribution in [0.2, 0.25) is 0 Å². The molecular formula is C23H27F3N2O. The molecule has 0 aliphatic carbocycles. The third-order valence-electron chi connectivity index (χ3n) is 6.11. The Morgan fingerprint density at radius 2 is 1.76 bits per heavy atom. The molecule has 2 aromatic rings. The van der Waals surface area contributed by atoms with Crippen molar-refractivity contribution >= 4 is 5.91 Å². The van der Waals surface area contributed by atoms with Gasteiger partial charge in [0.1, 0.15) is 0 Å². The maximum absolute atomic E-state index is 13.4. The van der Waals surface area contributed by atoms with Gasteiger partial charge in [-0.05, 0) is 50.4 Å². The predicted molar refractivity (Wildman–Crippen MR) is 108 cm³/mol. The average Bonchev–Trinajstić information content (AvgIpc) is 2.69. The summed E-state index contributed by atoms with van der Waals surface area (Å²) in [6.45, 7) is 5.13. The lowest BCUT2D eigenvalue weighted by atomic mass is 9.76. The summed E-state index contributed by atoms with van der Waals surface area (Å²) in [5.41, 5.74) is -0.790. The van der Waals surface area contributed by atoms with E-state index in [0.717, 1.165) is 31.0 Å². The number of likely N-dealkylation sites (tertiary alicyclic amines) is 1. The summed E-state index contributed by atoms with van der Waals surface area (Å²) >= 11 is 0. The first-order chi connectivity index (χ1) is 13.6. The number of alkyl halides is 3. The highest BCUT2D eigenvalue weighted by atomic mass is 19.4. The molecule has 0 bridgehead atoms. The van der Waals surface area contributed by atoms with Crippen LogP contribution in [0, 0.1) is 5.92 Å². The number of carbonyl (C=O) groups excluding carboxylic acids is 1. The monoisotopic (exact) mass is 404 g/mol. The summed E-state index contributed by atoms with van der Waals surface area (Å²) in [5, 5.41) is 2.94. The highest BCUT2D eigenvalue weighted by Crippen LogP contribution is 2.40. The predicted octanol–water partition coefficient (Wildman–Crippen LogP) is 5.30. The lowest BCUT2D eigenvalue weighted by Gasteiger charge is -2.50. The summed E-state index contributed by atoms with van der Waals surface area (Å²) in [6.07, 6.45) is -2.75. The second kappa shape index (κ2) is 8.19. The topological polar surface area (TPSA) is 32.3 Å². The Morgan fingerprint density at radius 3 is 2.38 bits per heavy atom. The number of nitrogens with one attached hydrogen (secondary N) is 1. The number of halogens is 3. The van der Waals surface area contributed by atoms with Gasteiger partial charge in [0.25, 0.3) is 5.91 Å². The molecule has 1 N–H and O–H groups in total. The van der Waals surface area contributed by atoms with Crippen molar-refractivity contribution in [2.75, 3.05) is 13.6 Å². The molecule has 1 amide bonds. The summed E-state index contributed by atoms with van der Waals surface area (Å²) in [6, 6.07) is 14.0. The molecular weight excluding hydrogens is 377 g/mol. The Morgan fingerprint density at radius 1 is 1.14 bits per heavy atom. The molecule has 2 aromatic carbocycles. The van der Waals surface area contributed by atoms with Gasteiger partial charge in [-0.2, -0.15) is 13.2 Å². The number of piperidine rings is 1. The smallest absolute Gasteiger partial charge is 0.343 e. The standard InChI is InChI=1S/C23H27F3N2O/c1-16-13-14-22(2,28(3)15-16)20(17-9-5-4-6-10-17)27-21(29)18-11-7-8-12-19(18)23(24,25)26/h4-12,16,20H,13-15H2,1-3H3,(H,27,29)/t16?,20-,22?/m1/s1. The van der Waals surface area contributed by atoms with Gasteiger partial charge in [0.15, 0.2) is 0 Å². The summed E-state index contributed by atoms with van der Waals surface area (Å²) in [7, 11) is 2.02. The van der Waals surface area contributed by atoms with Crippen molar-refractivity contribution in [3.8, 4) is 0 Å². The largest absolute Gasteiger partial charge is 0.417 e. The van der Waals surface area contributed by atoms with Crippen molar-refractivity contribution in [1.29, 1.82) is 0 Å². The minimum atomic E-state index is -4.59. The van der Waals surface area contributed by atoms with Gasteiger partial charge in [-0.15, -0.1) is 0 Å². The van der Waals surface area contributed by atoms with Crippen LogP contribution in [-0.4, -0.2) is 29.9 Å². The zero-order chi connectivity index (χ0) is 21.2. The van der Waals surface area contributed by atoms with Gasteiger partial charge in [-0.1, -0.05) is 49.4 Å². The maximum Gasteiger partial charge on any atom is 0.417 e. The fraction of sp³-hybridized carbons (Fsp3) is 0.435. The van der Waals surface area contributed by atoms with Crippen LogP contribution >= 0.6 is 0 Å². The molecule has 0 aromatic heterocycles. The zero-order valence-electron chi connectivity index (χ0n) is 17.0. The number of likely N-dealkylation sites (N-methyl/N-ethyl adjacent to an activating group) is 1. The number of hydrogen-bond donors (Lipinski definition) is 1. The van der Waals surface area contributed by atoms with Gasteiger partial charge in [-0.25, -0.2) is 0 Å². The Labute approximate surface area is 169 Å². The van der Waals surface area contributed by atoms with Crippen molar-refractivity contribution in [1.82, 2.24) is 10.2 Å². The van der Waals surface area contributed by atoms with Crippen molar-refractivity contribution in [3.63, 3.8) is 0 Å². The molecule has 156 valence electrons. The quantitative estimate of drug-likeness (QED) is 0.750. The normalized spacial score (nSPS) is 24.1. The summed E-state index contributed by atoms with van der Waals surface area (Å²) in [5.74, 6) is -0.175. The Kier molecular flexibility index (Phi) is 6.03. The number of benzene rings is 2. The van der Waals surface area contributed by atoms with Crippen LogP contribution in [-0.2, 0) is 6.18 Å². The third kappa shape index (κ3) is 4.47. The number of amides is 1. The molecule has 1 fully saturated rings. The van der Waals surface area contributed by atoms with Crippen LogP contribution < -0.4 is 5.32 Å². The van der Waals surface area contributed by atoms with Gasteiger partial charge >= 0.3 is 6.18 Å². The van der Waals surface area contributed by atoms with Gasteiger partial charge in [-0.3, -0.25) is 9.69 Å². The molecule has 29 heavy (non-hydrogen) atoms. The van der Waals surface area contributed by atoms with E-state index in [1.807, 2.05) is 37.4 Å². The molecule has 0 spiro atoms. The van der Waals surface area contributed by atoms with E-state index < -0.39 is 29.2 Å². The van der Waals surface area contributed by atoms with Gasteiger partial charge < -0.3 is 5.32 Å². The number of carbonyl (C=O) groups is 1. The molecule has 3 nitrogen and oxygen atoms in total. The maximum atomic E-state index is 13.4. The minimum absolute atomic E-state index is 0.351. The average molecular weight is 404 g/mol. The molecule has 1 saturated heterocycles. The van der Waals surface area contributed by atoms with Crippen LogP contribution in [0.4, 0.5) is 13.2 Å². The van der Waals surface area contributed by atoms with E-state index in [4.69, 9.17) is 0 Å². The zero-order valence-corrected chi connectivity index (χ0v) is 17.0. The fourth-order valence-corrected chi connectivity index (χ4v) is 4.24. The van der Waals surface area contributed by atoms with Crippen molar-refractivity contribution in [2.24, 2.45) is 5.92 Å². The second-order valence-corrected chi connectivity index (χ2v) is 8.24. The summed E-state index contributed by atoms with van der Waals surface area (Å²) < 4.78 is 40.2. The third-order valence-corrected chi connectivity index (χ3v) is 6.11. The summed E-state index contributed by atoms with van der Waals surface area (Å²) in [4.78, 5) is 15.2. The van der Waals surface area contributed by atoms with Crippen molar-refractivity contribution in [3.05, 3.63) is 71.3 Å². The minimum Gasteiger partial charge on any atom is -0.343 e. The molecule has 3 rings (SSSR count). The molecule has 3 atom stereocenters. The number of hydrogen-bond acceptors (Lipinski definition) is 2.